The van der Waals surface area contributed by atoms with Crippen molar-refractivity contribution >= 4 is 0 Å². The first kappa shape index (κ1) is 9.01. The zero-order valence-corrected chi connectivity index (χ0v) is 7.84. The maximum Gasteiger partial charge on any atom is 0.0698 e. The van der Waals surface area contributed by atoms with Gasteiger partial charge in [-0.25, -0.2) is 0 Å². The van der Waals surface area contributed by atoms with Crippen LogP contribution in [0.2, 0.25) is 0 Å². The van der Waals surface area contributed by atoms with Gasteiger partial charge in [0, 0.05) is 13.2 Å². The number of hydrogen-bond donors (Lipinski definition) is 0. The number of likely N-dealkylation sites (N-methyl/N-ethyl adjacent to an activating group) is 1. The van der Waals surface area contributed by atoms with Crippen molar-refractivity contribution < 1.29 is 4.74 Å². The minimum atomic E-state index is 0.389. The molecule has 0 bridgehead atoms. The smallest absolute Gasteiger partial charge is 0.0698 e. The van der Waals surface area contributed by atoms with Crippen LogP contribution in [-0.4, -0.2) is 37.7 Å². The lowest BCUT2D eigenvalue weighted by Crippen LogP contribution is -2.43. The Bertz CT molecular complexity index is 112. The molecular formula is C9H19NO. The largest absolute Gasteiger partial charge is 0.380 e. The number of methoxy groups -OCH3 is 1. The van der Waals surface area contributed by atoms with E-state index < -0.39 is 0 Å². The highest BCUT2D eigenvalue weighted by Gasteiger charge is 2.23. The van der Waals surface area contributed by atoms with Crippen molar-refractivity contribution in [1.82, 2.24) is 4.90 Å². The molecule has 0 N–H and O–H groups in total. The van der Waals surface area contributed by atoms with E-state index in [0.29, 0.717) is 12.1 Å². The minimum absolute atomic E-state index is 0.389. The molecule has 1 fully saturated rings. The Morgan fingerprint density at radius 3 is 2.73 bits per heavy atom. The molecule has 0 amide bonds. The van der Waals surface area contributed by atoms with Gasteiger partial charge in [-0.15, -0.1) is 0 Å². The van der Waals surface area contributed by atoms with E-state index in [9.17, 15) is 0 Å². The zero-order chi connectivity index (χ0) is 8.27. The quantitative estimate of drug-likeness (QED) is 0.602. The van der Waals surface area contributed by atoms with E-state index in [1.54, 1.807) is 7.11 Å². The molecule has 0 radical (unpaired) electrons. The summed E-state index contributed by atoms with van der Waals surface area (Å²) in [4.78, 5) is 2.41. The fourth-order valence-electron chi connectivity index (χ4n) is 1.85. The maximum atomic E-state index is 5.32. The maximum absolute atomic E-state index is 5.32. The van der Waals surface area contributed by atoms with Crippen LogP contribution in [0.4, 0.5) is 0 Å². The molecule has 0 aromatic carbocycles. The molecule has 0 unspecified atom stereocenters. The van der Waals surface area contributed by atoms with Gasteiger partial charge >= 0.3 is 0 Å². The first-order chi connectivity index (χ1) is 5.25. The summed E-state index contributed by atoms with van der Waals surface area (Å²) in [5.74, 6) is 0. The predicted octanol–water partition coefficient (Wildman–Crippen LogP) is 1.51. The Labute approximate surface area is 69.5 Å². The predicted molar refractivity (Wildman–Crippen MR) is 46.7 cm³/mol. The van der Waals surface area contributed by atoms with Gasteiger partial charge < -0.3 is 9.64 Å². The van der Waals surface area contributed by atoms with Crippen LogP contribution in [0.1, 0.15) is 26.2 Å². The van der Waals surface area contributed by atoms with Crippen LogP contribution in [0.5, 0.6) is 0 Å². The molecule has 1 aliphatic heterocycles. The molecule has 2 heteroatoms. The monoisotopic (exact) mass is 157 g/mol. The fourth-order valence-corrected chi connectivity index (χ4v) is 1.85. The molecule has 1 heterocycles. The first-order valence-electron chi connectivity index (χ1n) is 4.48. The van der Waals surface area contributed by atoms with E-state index in [1.807, 2.05) is 0 Å². The van der Waals surface area contributed by atoms with Gasteiger partial charge in [-0.2, -0.15) is 0 Å². The molecule has 0 spiro atoms. The highest BCUT2D eigenvalue weighted by molar-refractivity contribution is 4.78. The van der Waals surface area contributed by atoms with Crippen molar-refractivity contribution in [3.05, 3.63) is 0 Å². The van der Waals surface area contributed by atoms with Crippen molar-refractivity contribution in [2.45, 2.75) is 38.3 Å². The Morgan fingerprint density at radius 1 is 1.45 bits per heavy atom. The number of nitrogens with zero attached hydrogens (tertiary/aromatic N) is 1. The molecule has 66 valence electrons. The molecule has 0 aliphatic carbocycles. The number of likely N-dealkylation sites (tertiary alicyclic amines) is 1. The second kappa shape index (κ2) is 4.07. The average molecular weight is 157 g/mol. The number of hydrogen-bond acceptors (Lipinski definition) is 2. The number of rotatable bonds is 2. The van der Waals surface area contributed by atoms with Gasteiger partial charge in [-0.3, -0.25) is 0 Å². The Kier molecular flexibility index (Phi) is 3.34. The van der Waals surface area contributed by atoms with E-state index in [4.69, 9.17) is 4.74 Å². The summed E-state index contributed by atoms with van der Waals surface area (Å²) in [7, 11) is 3.99. The van der Waals surface area contributed by atoms with Crippen LogP contribution >= 0.6 is 0 Å². The summed E-state index contributed by atoms with van der Waals surface area (Å²) >= 11 is 0. The molecule has 2 atom stereocenters. The van der Waals surface area contributed by atoms with Crippen molar-refractivity contribution in [3.63, 3.8) is 0 Å². The van der Waals surface area contributed by atoms with Gasteiger partial charge in [-0.05, 0) is 33.4 Å². The van der Waals surface area contributed by atoms with Gasteiger partial charge in [0.05, 0.1) is 6.10 Å². The normalized spacial score (nSPS) is 30.3. The summed E-state index contributed by atoms with van der Waals surface area (Å²) in [6, 6.07) is 0.647. The second-order valence-electron chi connectivity index (χ2n) is 3.48. The van der Waals surface area contributed by atoms with E-state index in [-0.39, 0.29) is 0 Å². The minimum Gasteiger partial charge on any atom is -0.380 e. The summed E-state index contributed by atoms with van der Waals surface area (Å²) < 4.78 is 5.32. The van der Waals surface area contributed by atoms with Gasteiger partial charge in [0.1, 0.15) is 0 Å². The third kappa shape index (κ3) is 2.17. The molecule has 1 saturated heterocycles. The van der Waals surface area contributed by atoms with E-state index in [0.717, 1.165) is 0 Å². The summed E-state index contributed by atoms with van der Waals surface area (Å²) in [6.45, 7) is 3.39. The van der Waals surface area contributed by atoms with E-state index in [1.165, 1.54) is 25.8 Å². The van der Waals surface area contributed by atoms with Crippen LogP contribution in [-0.2, 0) is 4.74 Å². The SMILES string of the molecule is CO[C@@H](C)[C@@H]1CCCCN1C. The standard InChI is InChI=1S/C9H19NO/c1-8(11-3)9-6-4-5-7-10(9)2/h8-9H,4-7H2,1-3H3/t8-,9-/m0/s1. The Hall–Kier alpha value is -0.0800. The van der Waals surface area contributed by atoms with Crippen molar-refractivity contribution in [2.24, 2.45) is 0 Å². The third-order valence-electron chi connectivity index (χ3n) is 2.74. The number of ether oxygens (including phenoxy) is 1. The Balaban J connectivity index is 2.40. The van der Waals surface area contributed by atoms with Gasteiger partial charge in [0.15, 0.2) is 0 Å². The van der Waals surface area contributed by atoms with Gasteiger partial charge in [0.25, 0.3) is 0 Å². The van der Waals surface area contributed by atoms with Crippen LogP contribution in [0, 0.1) is 0 Å². The molecule has 1 aliphatic rings. The summed E-state index contributed by atoms with van der Waals surface area (Å²) in [5.41, 5.74) is 0. The number of piperidine rings is 1. The summed E-state index contributed by atoms with van der Waals surface area (Å²) in [6.07, 6.45) is 4.40. The third-order valence-corrected chi connectivity index (χ3v) is 2.74. The van der Waals surface area contributed by atoms with Crippen molar-refractivity contribution in [2.75, 3.05) is 20.7 Å². The average Bonchev–Trinajstić information content (AvgIpc) is 2.04. The van der Waals surface area contributed by atoms with Crippen LogP contribution in [0.3, 0.4) is 0 Å². The topological polar surface area (TPSA) is 12.5 Å². The molecular weight excluding hydrogens is 138 g/mol. The fraction of sp³-hybridized carbons (Fsp3) is 1.00. The molecule has 2 nitrogen and oxygen atoms in total. The lowest BCUT2D eigenvalue weighted by atomic mass is 9.99. The van der Waals surface area contributed by atoms with Crippen molar-refractivity contribution in [3.8, 4) is 0 Å². The lowest BCUT2D eigenvalue weighted by Gasteiger charge is -2.35. The highest BCUT2D eigenvalue weighted by atomic mass is 16.5. The van der Waals surface area contributed by atoms with Crippen LogP contribution < -0.4 is 0 Å². The molecule has 0 aromatic heterocycles. The Morgan fingerprint density at radius 2 is 2.18 bits per heavy atom. The van der Waals surface area contributed by atoms with Crippen LogP contribution in [0.25, 0.3) is 0 Å². The second-order valence-corrected chi connectivity index (χ2v) is 3.48. The van der Waals surface area contributed by atoms with Crippen LogP contribution in [0.15, 0.2) is 0 Å². The first-order valence-corrected chi connectivity index (χ1v) is 4.48. The van der Waals surface area contributed by atoms with Gasteiger partial charge in [-0.1, -0.05) is 6.42 Å². The molecule has 0 aromatic rings. The van der Waals surface area contributed by atoms with E-state index >= 15 is 0 Å². The van der Waals surface area contributed by atoms with Gasteiger partial charge in [0.2, 0.25) is 0 Å². The lowest BCUT2D eigenvalue weighted by molar-refractivity contribution is 0.0191. The molecule has 1 rings (SSSR count). The highest BCUT2D eigenvalue weighted by Crippen LogP contribution is 2.18. The molecule has 11 heavy (non-hydrogen) atoms. The summed E-state index contributed by atoms with van der Waals surface area (Å²) in [5, 5.41) is 0. The van der Waals surface area contributed by atoms with E-state index in [2.05, 4.69) is 18.9 Å². The molecule has 0 saturated carbocycles. The van der Waals surface area contributed by atoms with Crippen molar-refractivity contribution in [1.29, 1.82) is 0 Å². The zero-order valence-electron chi connectivity index (χ0n) is 7.84.